The van der Waals surface area contributed by atoms with Crippen LogP contribution in [0.15, 0.2) is 0 Å². The third-order valence-corrected chi connectivity index (χ3v) is 0. The predicted octanol–water partition coefficient (Wildman–Crippen LogP) is 1.84. The summed E-state index contributed by atoms with van der Waals surface area (Å²) in [5, 5.41) is 0. The summed E-state index contributed by atoms with van der Waals surface area (Å²) in [5.41, 5.74) is 0. The van der Waals surface area contributed by atoms with Crippen molar-refractivity contribution in [1.82, 2.24) is 0 Å². The molecule has 0 unspecified atom stereocenters. The van der Waals surface area contributed by atoms with Crippen molar-refractivity contribution in [3.8, 4) is 0 Å². The van der Waals surface area contributed by atoms with Crippen LogP contribution in [0, 0.1) is 0 Å². The Morgan fingerprint density at radius 1 is 0.500 bits per heavy atom. The smallest absolute Gasteiger partial charge is 0 e. The molecule has 0 aliphatic carbocycles. The molecule has 0 aromatic rings. The molecule has 6 heteroatoms. The van der Waals surface area contributed by atoms with Gasteiger partial charge in [0, 0.05) is 21.7 Å². The van der Waals surface area contributed by atoms with Crippen molar-refractivity contribution in [2.45, 2.75) is 0 Å². The van der Waals surface area contributed by atoms with Crippen LogP contribution in [0.5, 0.6) is 0 Å². The van der Waals surface area contributed by atoms with Crippen molar-refractivity contribution in [3.05, 3.63) is 0 Å². The molecule has 0 amide bonds. The summed E-state index contributed by atoms with van der Waals surface area (Å²) in [4.78, 5) is 0. The molecule has 6 heavy (non-hydrogen) atoms. The first-order valence-electron chi connectivity index (χ1n) is 0. The average Bonchev–Trinajstić information content (AvgIpc) is 0. The van der Waals surface area contributed by atoms with Crippen LogP contribution in [0.1, 0.15) is 0 Å². The molecule has 0 aromatic heterocycles. The molecule has 0 fully saturated rings. The summed E-state index contributed by atoms with van der Waals surface area (Å²) in [6.07, 6.45) is 0. The van der Waals surface area contributed by atoms with Gasteiger partial charge >= 0.3 is 0 Å². The van der Waals surface area contributed by atoms with E-state index in [0.29, 0.717) is 0 Å². The SMILES string of the molecule is Cl.Cl.Cl.Cl.F.[Ti]. The summed E-state index contributed by atoms with van der Waals surface area (Å²) in [6.45, 7) is 0. The Labute approximate surface area is 75.7 Å². The zero-order chi connectivity index (χ0) is 0. The van der Waals surface area contributed by atoms with Crippen LogP contribution in [-0.2, 0) is 21.7 Å². The third kappa shape index (κ3) is 41.2. The summed E-state index contributed by atoms with van der Waals surface area (Å²) in [6, 6.07) is 0. The normalized spacial score (nSPS) is 0. The van der Waals surface area contributed by atoms with E-state index in [1.165, 1.54) is 0 Å². The summed E-state index contributed by atoms with van der Waals surface area (Å²) in [7, 11) is 0. The topological polar surface area (TPSA) is 0 Å². The van der Waals surface area contributed by atoms with E-state index >= 15 is 0 Å². The Morgan fingerprint density at radius 3 is 0.500 bits per heavy atom. The molecule has 0 spiro atoms. The minimum atomic E-state index is 0. The van der Waals surface area contributed by atoms with Gasteiger partial charge in [0.15, 0.2) is 0 Å². The molecular weight excluding hydrogens is 209 g/mol. The van der Waals surface area contributed by atoms with Crippen molar-refractivity contribution in [2.75, 3.05) is 0 Å². The molecular formula is H5Cl4FTi. The summed E-state index contributed by atoms with van der Waals surface area (Å²) >= 11 is 0. The van der Waals surface area contributed by atoms with E-state index in [-0.39, 0.29) is 76.1 Å². The standard InChI is InChI=1S/4ClH.FH.Ti/h5*1H;. The third-order valence-electron chi connectivity index (χ3n) is 0. The predicted molar refractivity (Wildman–Crippen MR) is 31.5 cm³/mol. The first kappa shape index (κ1) is 111. The van der Waals surface area contributed by atoms with Gasteiger partial charge in [0.05, 0.1) is 0 Å². The number of halogens is 5. The second kappa shape index (κ2) is 70.4. The monoisotopic (exact) mass is 212 g/mol. The summed E-state index contributed by atoms with van der Waals surface area (Å²) < 4.78 is 0. The molecule has 44 valence electrons. The molecule has 0 bridgehead atoms. The number of hydrogen-bond acceptors (Lipinski definition) is 0. The van der Waals surface area contributed by atoms with Crippen LogP contribution >= 0.6 is 49.6 Å². The fourth-order valence-corrected chi connectivity index (χ4v) is 0. The van der Waals surface area contributed by atoms with Crippen molar-refractivity contribution in [3.63, 3.8) is 0 Å². The molecule has 0 saturated carbocycles. The zero-order valence-electron chi connectivity index (χ0n) is 2.54. The van der Waals surface area contributed by atoms with E-state index in [1.54, 1.807) is 0 Å². The van der Waals surface area contributed by atoms with Gasteiger partial charge in [-0.1, -0.05) is 0 Å². The molecule has 0 rings (SSSR count). The van der Waals surface area contributed by atoms with Gasteiger partial charge < -0.3 is 0 Å². The van der Waals surface area contributed by atoms with E-state index < -0.39 is 0 Å². The van der Waals surface area contributed by atoms with Crippen LogP contribution in [0.4, 0.5) is 4.70 Å². The van der Waals surface area contributed by atoms with E-state index in [2.05, 4.69) is 0 Å². The van der Waals surface area contributed by atoms with E-state index in [1.807, 2.05) is 0 Å². The number of rotatable bonds is 0. The van der Waals surface area contributed by atoms with Crippen molar-refractivity contribution >= 4 is 49.6 Å². The van der Waals surface area contributed by atoms with Crippen molar-refractivity contribution < 1.29 is 26.4 Å². The van der Waals surface area contributed by atoms with Gasteiger partial charge in [0.1, 0.15) is 0 Å². The van der Waals surface area contributed by atoms with Crippen LogP contribution < -0.4 is 0 Å². The molecule has 0 aliphatic heterocycles. The molecule has 0 heterocycles. The molecule has 0 aromatic carbocycles. The van der Waals surface area contributed by atoms with Crippen molar-refractivity contribution in [2.24, 2.45) is 0 Å². The first-order valence-corrected chi connectivity index (χ1v) is 0. The Bertz CT molecular complexity index is 7.51. The van der Waals surface area contributed by atoms with Gasteiger partial charge in [-0.15, -0.1) is 49.6 Å². The zero-order valence-corrected chi connectivity index (χ0v) is 7.37. The summed E-state index contributed by atoms with van der Waals surface area (Å²) in [5.74, 6) is 0. The van der Waals surface area contributed by atoms with E-state index in [0.717, 1.165) is 0 Å². The minimum Gasteiger partial charge on any atom is -0.269 e. The number of hydrogen-bond donors (Lipinski definition) is 0. The van der Waals surface area contributed by atoms with E-state index in [9.17, 15) is 0 Å². The molecule has 0 saturated heterocycles. The van der Waals surface area contributed by atoms with Crippen LogP contribution in [0.2, 0.25) is 0 Å². The molecule has 0 aliphatic rings. The maximum Gasteiger partial charge on any atom is 0 e. The maximum atomic E-state index is 0. The Morgan fingerprint density at radius 2 is 0.500 bits per heavy atom. The Kier molecular flexibility index (Phi) is 1300. The van der Waals surface area contributed by atoms with E-state index in [4.69, 9.17) is 0 Å². The molecule has 0 radical (unpaired) electrons. The average molecular weight is 214 g/mol. The van der Waals surface area contributed by atoms with Crippen molar-refractivity contribution in [1.29, 1.82) is 0 Å². The Balaban J connectivity index is 0. The molecule has 0 N–H and O–H groups in total. The van der Waals surface area contributed by atoms with Crippen LogP contribution in [0.3, 0.4) is 0 Å². The maximum absolute atomic E-state index is 0. The van der Waals surface area contributed by atoms with Gasteiger partial charge in [0.25, 0.3) is 0 Å². The minimum absolute atomic E-state index is 0. The van der Waals surface area contributed by atoms with Gasteiger partial charge in [-0.3, -0.25) is 4.70 Å². The second-order valence-corrected chi connectivity index (χ2v) is 0. The van der Waals surface area contributed by atoms with Crippen LogP contribution in [0.25, 0.3) is 0 Å². The quantitative estimate of drug-likeness (QED) is 0.539. The van der Waals surface area contributed by atoms with Crippen LogP contribution in [-0.4, -0.2) is 0 Å². The largest absolute Gasteiger partial charge is 0.269 e. The first-order chi connectivity index (χ1) is 0. The van der Waals surface area contributed by atoms with Gasteiger partial charge in [-0.2, -0.15) is 0 Å². The fourth-order valence-electron chi connectivity index (χ4n) is 0. The van der Waals surface area contributed by atoms with Gasteiger partial charge in [0.2, 0.25) is 0 Å². The van der Waals surface area contributed by atoms with Gasteiger partial charge in [-0.05, 0) is 0 Å². The Hall–Kier alpha value is 1.80. The molecule has 0 nitrogen and oxygen atoms in total. The van der Waals surface area contributed by atoms with Gasteiger partial charge in [-0.25, -0.2) is 0 Å². The molecule has 0 atom stereocenters. The fraction of sp³-hybridized carbons (Fsp3) is 0. The second-order valence-electron chi connectivity index (χ2n) is 0.